The van der Waals surface area contributed by atoms with E-state index >= 15 is 0 Å². The van der Waals surface area contributed by atoms with Gasteiger partial charge in [-0.25, -0.2) is 0 Å². The molecule has 7 nitrogen and oxygen atoms in total. The summed E-state index contributed by atoms with van der Waals surface area (Å²) in [5.41, 5.74) is 6.64. The van der Waals surface area contributed by atoms with Gasteiger partial charge in [-0.15, -0.1) is 12.4 Å². The van der Waals surface area contributed by atoms with Crippen molar-refractivity contribution in [2.45, 2.75) is 13.1 Å². The highest BCUT2D eigenvalue weighted by atomic mass is 35.5. The highest BCUT2D eigenvalue weighted by Gasteiger charge is 2.17. The van der Waals surface area contributed by atoms with E-state index in [2.05, 4.69) is 5.32 Å². The number of benzene rings is 1. The van der Waals surface area contributed by atoms with Crippen LogP contribution < -0.4 is 25.3 Å². The maximum atomic E-state index is 12.1. The highest BCUT2D eigenvalue weighted by Crippen LogP contribution is 2.39. The summed E-state index contributed by atoms with van der Waals surface area (Å²) in [4.78, 5) is 12.1. The van der Waals surface area contributed by atoms with Gasteiger partial charge in [0, 0.05) is 12.1 Å². The van der Waals surface area contributed by atoms with Gasteiger partial charge < -0.3 is 29.7 Å². The van der Waals surface area contributed by atoms with Gasteiger partial charge in [-0.1, -0.05) is 0 Å². The number of carbonyl (C=O) groups is 1. The summed E-state index contributed by atoms with van der Waals surface area (Å²) >= 11 is 0. The average Bonchev–Trinajstić information content (AvgIpc) is 3.07. The molecule has 1 heterocycles. The number of amides is 1. The fourth-order valence-electron chi connectivity index (χ4n) is 2.19. The second-order valence-electron chi connectivity index (χ2n) is 4.68. The van der Waals surface area contributed by atoms with Crippen LogP contribution in [0.2, 0.25) is 0 Å². The highest BCUT2D eigenvalue weighted by molar-refractivity contribution is 5.94. The van der Waals surface area contributed by atoms with Crippen LogP contribution in [-0.4, -0.2) is 27.2 Å². The van der Waals surface area contributed by atoms with Crippen molar-refractivity contribution in [1.29, 1.82) is 0 Å². The third-order valence-corrected chi connectivity index (χ3v) is 3.34. The van der Waals surface area contributed by atoms with Gasteiger partial charge >= 0.3 is 0 Å². The van der Waals surface area contributed by atoms with Crippen LogP contribution in [0.15, 0.2) is 28.9 Å². The molecule has 0 aliphatic heterocycles. The van der Waals surface area contributed by atoms with Gasteiger partial charge in [-0.3, -0.25) is 4.79 Å². The molecule has 1 amide bonds. The van der Waals surface area contributed by atoms with Crippen molar-refractivity contribution in [3.8, 4) is 17.2 Å². The molecule has 0 atom stereocenters. The van der Waals surface area contributed by atoms with Gasteiger partial charge in [-0.05, 0) is 18.2 Å². The fraction of sp³-hybridized carbons (Fsp3) is 0.312. The molecule has 0 radical (unpaired) electrons. The summed E-state index contributed by atoms with van der Waals surface area (Å²) in [6.07, 6.45) is 1.38. The van der Waals surface area contributed by atoms with Gasteiger partial charge in [0.05, 0.1) is 33.4 Å². The number of hydrogen-bond donors (Lipinski definition) is 2. The van der Waals surface area contributed by atoms with Crippen LogP contribution in [0.1, 0.15) is 21.7 Å². The number of carbonyl (C=O) groups excluding carboxylic acids is 1. The van der Waals surface area contributed by atoms with Crippen molar-refractivity contribution in [2.75, 3.05) is 21.3 Å². The van der Waals surface area contributed by atoms with Crippen LogP contribution in [-0.2, 0) is 13.1 Å². The summed E-state index contributed by atoms with van der Waals surface area (Å²) in [6, 6.07) is 5.18. The predicted molar refractivity (Wildman–Crippen MR) is 91.1 cm³/mol. The molecule has 2 aromatic rings. The Kier molecular flexibility index (Phi) is 7.41. The third kappa shape index (κ3) is 4.12. The van der Waals surface area contributed by atoms with Gasteiger partial charge in [-0.2, -0.15) is 0 Å². The number of rotatable bonds is 7. The standard InChI is InChI=1S/C16H20N2O5.ClH/c1-20-13-5-4-10(14(21-2)15(13)22-3)8-18-16(19)11-6-12(7-17)23-9-11;/h4-6,9H,7-8,17H2,1-3H3,(H,18,19);1H. The van der Waals surface area contributed by atoms with Crippen molar-refractivity contribution in [1.82, 2.24) is 5.32 Å². The zero-order valence-electron chi connectivity index (χ0n) is 13.8. The molecule has 8 heteroatoms. The lowest BCUT2D eigenvalue weighted by atomic mass is 10.1. The first-order valence-corrected chi connectivity index (χ1v) is 6.98. The molecule has 0 unspecified atom stereocenters. The van der Waals surface area contributed by atoms with E-state index in [1.165, 1.54) is 20.5 Å². The Morgan fingerprint density at radius 2 is 1.88 bits per heavy atom. The van der Waals surface area contributed by atoms with E-state index in [4.69, 9.17) is 24.4 Å². The summed E-state index contributed by atoms with van der Waals surface area (Å²) in [5.74, 6) is 1.85. The average molecular weight is 357 g/mol. The minimum Gasteiger partial charge on any atom is -0.493 e. The van der Waals surface area contributed by atoms with E-state index in [0.717, 1.165) is 5.56 Å². The quantitative estimate of drug-likeness (QED) is 0.788. The monoisotopic (exact) mass is 356 g/mol. The Hall–Kier alpha value is -2.38. The molecule has 1 aromatic heterocycles. The molecule has 2 rings (SSSR count). The van der Waals surface area contributed by atoms with Gasteiger partial charge in [0.2, 0.25) is 5.75 Å². The number of methoxy groups -OCH3 is 3. The zero-order valence-corrected chi connectivity index (χ0v) is 14.6. The lowest BCUT2D eigenvalue weighted by molar-refractivity contribution is 0.0950. The molecule has 0 bridgehead atoms. The lowest BCUT2D eigenvalue weighted by Crippen LogP contribution is -2.22. The first-order chi connectivity index (χ1) is 11.1. The van der Waals surface area contributed by atoms with Crippen molar-refractivity contribution < 1.29 is 23.4 Å². The molecule has 0 saturated heterocycles. The lowest BCUT2D eigenvalue weighted by Gasteiger charge is -2.15. The van der Waals surface area contributed by atoms with Crippen LogP contribution in [0.25, 0.3) is 0 Å². The Morgan fingerprint density at radius 3 is 2.42 bits per heavy atom. The fourth-order valence-corrected chi connectivity index (χ4v) is 2.19. The predicted octanol–water partition coefficient (Wildman–Crippen LogP) is 2.12. The minimum atomic E-state index is -0.259. The first kappa shape index (κ1) is 19.7. The van der Waals surface area contributed by atoms with Gasteiger partial charge in [0.1, 0.15) is 12.0 Å². The molecular formula is C16H21ClN2O5. The van der Waals surface area contributed by atoms with Crippen LogP contribution in [0.3, 0.4) is 0 Å². The smallest absolute Gasteiger partial charge is 0.254 e. The van der Waals surface area contributed by atoms with Crippen molar-refractivity contribution >= 4 is 18.3 Å². The van der Waals surface area contributed by atoms with Crippen LogP contribution in [0.5, 0.6) is 17.2 Å². The summed E-state index contributed by atoms with van der Waals surface area (Å²) < 4.78 is 21.1. The molecule has 3 N–H and O–H groups in total. The second-order valence-corrected chi connectivity index (χ2v) is 4.68. The first-order valence-electron chi connectivity index (χ1n) is 6.98. The molecule has 132 valence electrons. The normalized spacial score (nSPS) is 9.83. The number of furan rings is 1. The number of hydrogen-bond acceptors (Lipinski definition) is 6. The van der Waals surface area contributed by atoms with Crippen LogP contribution in [0.4, 0.5) is 0 Å². The Labute approximate surface area is 146 Å². The van der Waals surface area contributed by atoms with E-state index in [1.807, 2.05) is 0 Å². The summed E-state index contributed by atoms with van der Waals surface area (Å²) in [7, 11) is 4.61. The maximum absolute atomic E-state index is 12.1. The Morgan fingerprint density at radius 1 is 1.17 bits per heavy atom. The van der Waals surface area contributed by atoms with Crippen LogP contribution in [0, 0.1) is 0 Å². The molecule has 0 aliphatic carbocycles. The number of nitrogens with one attached hydrogen (secondary N) is 1. The van der Waals surface area contributed by atoms with E-state index in [-0.39, 0.29) is 31.4 Å². The zero-order chi connectivity index (χ0) is 16.8. The van der Waals surface area contributed by atoms with Gasteiger partial charge in [0.15, 0.2) is 11.5 Å². The molecule has 0 saturated carbocycles. The molecule has 24 heavy (non-hydrogen) atoms. The van der Waals surface area contributed by atoms with Crippen molar-refractivity contribution in [3.63, 3.8) is 0 Å². The van der Waals surface area contributed by atoms with E-state index in [0.29, 0.717) is 28.6 Å². The Bertz CT molecular complexity index is 687. The molecule has 0 aliphatic rings. The van der Waals surface area contributed by atoms with E-state index in [9.17, 15) is 4.79 Å². The molecule has 0 spiro atoms. The second kappa shape index (κ2) is 9.05. The van der Waals surface area contributed by atoms with Gasteiger partial charge in [0.25, 0.3) is 5.91 Å². The summed E-state index contributed by atoms with van der Waals surface area (Å²) in [5, 5.41) is 2.80. The topological polar surface area (TPSA) is 96.0 Å². The molecule has 0 fully saturated rings. The Balaban J connectivity index is 0.00000288. The number of nitrogens with two attached hydrogens (primary N) is 1. The minimum absolute atomic E-state index is 0. The van der Waals surface area contributed by atoms with Crippen molar-refractivity contribution in [3.05, 3.63) is 41.3 Å². The van der Waals surface area contributed by atoms with Crippen LogP contribution >= 0.6 is 12.4 Å². The largest absolute Gasteiger partial charge is 0.493 e. The number of ether oxygens (including phenoxy) is 3. The number of halogens is 1. The summed E-state index contributed by atoms with van der Waals surface area (Å²) in [6.45, 7) is 0.516. The maximum Gasteiger partial charge on any atom is 0.254 e. The SMILES string of the molecule is COc1ccc(CNC(=O)c2coc(CN)c2)c(OC)c1OC.Cl. The van der Waals surface area contributed by atoms with E-state index in [1.54, 1.807) is 25.3 Å². The molecular weight excluding hydrogens is 336 g/mol. The molecule has 1 aromatic carbocycles. The third-order valence-electron chi connectivity index (χ3n) is 3.34. The van der Waals surface area contributed by atoms with E-state index < -0.39 is 0 Å². The van der Waals surface area contributed by atoms with Crippen molar-refractivity contribution in [2.24, 2.45) is 5.73 Å².